The largest absolute Gasteiger partial charge is 0.308 e. The van der Waals surface area contributed by atoms with Gasteiger partial charge < -0.3 is 4.57 Å². The van der Waals surface area contributed by atoms with E-state index < -0.39 is 0 Å². The Morgan fingerprint density at radius 1 is 0.967 bits per heavy atom. The molecule has 0 radical (unpaired) electrons. The summed E-state index contributed by atoms with van der Waals surface area (Å²) in [5.41, 5.74) is 6.95. The number of aryl methyl sites for hydroxylation is 2. The van der Waals surface area contributed by atoms with Crippen molar-refractivity contribution in [3.05, 3.63) is 71.9 Å². The number of imidazole rings is 1. The molecule has 30 heavy (non-hydrogen) atoms. The lowest BCUT2D eigenvalue weighted by atomic mass is 9.98. The Hall–Kier alpha value is -3.94. The number of hydrogen-bond donors (Lipinski definition) is 1. The lowest BCUT2D eigenvalue weighted by molar-refractivity contribution is 0.746. The molecular formula is C22H20N8. The Morgan fingerprint density at radius 2 is 1.77 bits per heavy atom. The van der Waals surface area contributed by atoms with Crippen molar-refractivity contribution < 1.29 is 0 Å². The maximum atomic E-state index is 4.75. The van der Waals surface area contributed by atoms with Gasteiger partial charge in [0, 0.05) is 12.0 Å². The average molecular weight is 396 g/mol. The highest BCUT2D eigenvalue weighted by atomic mass is 15.5. The van der Waals surface area contributed by atoms with Crippen molar-refractivity contribution in [2.24, 2.45) is 0 Å². The van der Waals surface area contributed by atoms with E-state index in [0.29, 0.717) is 12.4 Å². The van der Waals surface area contributed by atoms with Gasteiger partial charge >= 0.3 is 0 Å². The summed E-state index contributed by atoms with van der Waals surface area (Å²) in [6, 6.07) is 16.6. The van der Waals surface area contributed by atoms with Crippen LogP contribution >= 0.6 is 0 Å². The molecular weight excluding hydrogens is 376 g/mol. The van der Waals surface area contributed by atoms with Crippen LogP contribution < -0.4 is 0 Å². The zero-order chi connectivity index (χ0) is 20.5. The van der Waals surface area contributed by atoms with Crippen molar-refractivity contribution in [2.45, 2.75) is 26.8 Å². The van der Waals surface area contributed by atoms with E-state index in [9.17, 15) is 0 Å². The zero-order valence-electron chi connectivity index (χ0n) is 16.7. The summed E-state index contributed by atoms with van der Waals surface area (Å²) in [5.74, 6) is 1.60. The molecule has 5 aromatic rings. The van der Waals surface area contributed by atoms with Crippen LogP contribution in [0.3, 0.4) is 0 Å². The van der Waals surface area contributed by atoms with E-state index in [0.717, 1.165) is 45.8 Å². The molecule has 0 spiro atoms. The van der Waals surface area contributed by atoms with Crippen LogP contribution in [0, 0.1) is 6.92 Å². The number of nitrogens with one attached hydrogen (secondary N) is 1. The number of tetrazole rings is 1. The van der Waals surface area contributed by atoms with Gasteiger partial charge in [0.1, 0.15) is 17.7 Å². The Morgan fingerprint density at radius 3 is 2.50 bits per heavy atom. The molecule has 0 saturated carbocycles. The van der Waals surface area contributed by atoms with Crippen molar-refractivity contribution in [3.63, 3.8) is 0 Å². The van der Waals surface area contributed by atoms with Gasteiger partial charge in [-0.2, -0.15) is 5.21 Å². The molecule has 0 unspecified atom stereocenters. The summed E-state index contributed by atoms with van der Waals surface area (Å²) in [5, 5.41) is 14.5. The summed E-state index contributed by atoms with van der Waals surface area (Å²) in [4.78, 5) is 13.5. The minimum Gasteiger partial charge on any atom is -0.308 e. The fraction of sp³-hybridized carbons (Fsp3) is 0.182. The second kappa shape index (κ2) is 7.47. The molecule has 0 aliphatic rings. The number of H-pyrrole nitrogens is 1. The van der Waals surface area contributed by atoms with E-state index in [2.05, 4.69) is 72.4 Å². The van der Waals surface area contributed by atoms with Crippen molar-refractivity contribution in [1.82, 2.24) is 40.1 Å². The third kappa shape index (κ3) is 3.12. The second-order valence-electron chi connectivity index (χ2n) is 7.08. The fourth-order valence-electron chi connectivity index (χ4n) is 3.71. The van der Waals surface area contributed by atoms with Gasteiger partial charge in [-0.1, -0.05) is 55.5 Å². The number of aromatic amines is 1. The van der Waals surface area contributed by atoms with Crippen LogP contribution in [-0.4, -0.2) is 40.1 Å². The number of aromatic nitrogens is 8. The quantitative estimate of drug-likeness (QED) is 0.487. The minimum atomic E-state index is 0.585. The van der Waals surface area contributed by atoms with Crippen molar-refractivity contribution in [2.75, 3.05) is 0 Å². The summed E-state index contributed by atoms with van der Waals surface area (Å²) in [7, 11) is 0. The first-order valence-corrected chi connectivity index (χ1v) is 9.83. The smallest absolute Gasteiger partial charge is 0.205 e. The molecule has 0 bridgehead atoms. The molecule has 0 saturated heterocycles. The Bertz CT molecular complexity index is 1300. The second-order valence-corrected chi connectivity index (χ2v) is 7.08. The molecule has 3 aromatic heterocycles. The Balaban J connectivity index is 1.49. The summed E-state index contributed by atoms with van der Waals surface area (Å²) >= 11 is 0. The van der Waals surface area contributed by atoms with Gasteiger partial charge in [-0.05, 0) is 28.8 Å². The van der Waals surface area contributed by atoms with Crippen molar-refractivity contribution in [1.29, 1.82) is 0 Å². The molecule has 1 N–H and O–H groups in total. The zero-order valence-corrected chi connectivity index (χ0v) is 16.7. The fourth-order valence-corrected chi connectivity index (χ4v) is 3.71. The molecule has 0 aliphatic heterocycles. The van der Waals surface area contributed by atoms with Gasteiger partial charge in [0.25, 0.3) is 0 Å². The van der Waals surface area contributed by atoms with Crippen LogP contribution in [0.1, 0.15) is 24.0 Å². The van der Waals surface area contributed by atoms with E-state index in [1.807, 2.05) is 25.1 Å². The highest BCUT2D eigenvalue weighted by molar-refractivity contribution is 5.80. The Labute approximate surface area is 173 Å². The van der Waals surface area contributed by atoms with Gasteiger partial charge in [0.05, 0.1) is 12.2 Å². The standard InChI is InChI=1S/C22H20N8/c1-3-19-25-20-14(2)23-13-24-22(20)30(19)12-15-8-10-16(11-9-15)17-6-4-5-7-18(17)21-26-28-29-27-21/h4-11,13H,3,12H2,1-2H3,(H,26,27,28,29). The van der Waals surface area contributed by atoms with Crippen LogP contribution in [0.25, 0.3) is 33.7 Å². The molecule has 0 amide bonds. The molecule has 2 aromatic carbocycles. The third-order valence-electron chi connectivity index (χ3n) is 5.23. The summed E-state index contributed by atoms with van der Waals surface area (Å²) in [6.45, 7) is 4.79. The van der Waals surface area contributed by atoms with Gasteiger partial charge in [0.15, 0.2) is 5.65 Å². The predicted molar refractivity (Wildman–Crippen MR) is 114 cm³/mol. The molecule has 5 rings (SSSR count). The molecule has 0 aliphatic carbocycles. The molecule has 148 valence electrons. The number of fused-ring (bicyclic) bond motifs is 1. The average Bonchev–Trinajstić information content (AvgIpc) is 3.44. The maximum absolute atomic E-state index is 4.75. The van der Waals surface area contributed by atoms with Crippen molar-refractivity contribution >= 4 is 11.2 Å². The van der Waals surface area contributed by atoms with Gasteiger partial charge in [0.2, 0.25) is 5.82 Å². The first-order chi connectivity index (χ1) is 14.7. The van der Waals surface area contributed by atoms with Crippen LogP contribution in [0.4, 0.5) is 0 Å². The molecule has 0 atom stereocenters. The number of hydrogen-bond acceptors (Lipinski definition) is 6. The normalized spacial score (nSPS) is 11.3. The highest BCUT2D eigenvalue weighted by Gasteiger charge is 2.14. The number of benzene rings is 2. The van der Waals surface area contributed by atoms with Gasteiger partial charge in [-0.25, -0.2) is 15.0 Å². The molecule has 8 nitrogen and oxygen atoms in total. The third-order valence-corrected chi connectivity index (χ3v) is 5.23. The van der Waals surface area contributed by atoms with E-state index in [1.54, 1.807) is 6.33 Å². The SMILES string of the molecule is CCc1nc2c(C)ncnc2n1Cc1ccc(-c2ccccc2-c2nn[nH]n2)cc1. The monoisotopic (exact) mass is 396 g/mol. The molecule has 3 heterocycles. The number of rotatable bonds is 5. The maximum Gasteiger partial charge on any atom is 0.205 e. The first kappa shape index (κ1) is 18.1. The molecule has 8 heteroatoms. The Kier molecular flexibility index (Phi) is 4.51. The van der Waals surface area contributed by atoms with Crippen LogP contribution in [-0.2, 0) is 13.0 Å². The summed E-state index contributed by atoms with van der Waals surface area (Å²) in [6.07, 6.45) is 2.44. The predicted octanol–water partition coefficient (Wildman–Crippen LogP) is 3.59. The van der Waals surface area contributed by atoms with Gasteiger partial charge in [-0.3, -0.25) is 0 Å². The van der Waals surface area contributed by atoms with Crippen LogP contribution in [0.2, 0.25) is 0 Å². The van der Waals surface area contributed by atoms with Crippen LogP contribution in [0.15, 0.2) is 54.9 Å². The topological polar surface area (TPSA) is 98.1 Å². The minimum absolute atomic E-state index is 0.585. The summed E-state index contributed by atoms with van der Waals surface area (Å²) < 4.78 is 2.17. The lowest BCUT2D eigenvalue weighted by Crippen LogP contribution is -2.05. The van der Waals surface area contributed by atoms with Gasteiger partial charge in [-0.15, -0.1) is 10.2 Å². The van der Waals surface area contributed by atoms with Crippen molar-refractivity contribution in [3.8, 4) is 22.5 Å². The number of nitrogens with zero attached hydrogens (tertiary/aromatic N) is 7. The van der Waals surface area contributed by atoms with E-state index in [-0.39, 0.29) is 0 Å². The highest BCUT2D eigenvalue weighted by Crippen LogP contribution is 2.30. The molecule has 0 fully saturated rings. The van der Waals surface area contributed by atoms with E-state index in [1.165, 1.54) is 5.56 Å². The first-order valence-electron chi connectivity index (χ1n) is 9.83. The van der Waals surface area contributed by atoms with E-state index in [4.69, 9.17) is 4.98 Å². The van der Waals surface area contributed by atoms with Crippen LogP contribution in [0.5, 0.6) is 0 Å². The lowest BCUT2D eigenvalue weighted by Gasteiger charge is -2.10. The van der Waals surface area contributed by atoms with E-state index >= 15 is 0 Å².